The zero-order chi connectivity index (χ0) is 13.8. The minimum atomic E-state index is -4.89. The van der Waals surface area contributed by atoms with E-state index in [1.165, 1.54) is 6.08 Å². The number of aromatic carboxylic acids is 1. The molecule has 0 bridgehead atoms. The Bertz CT molecular complexity index is 454. The number of carboxylic acid groups (broad SMARTS) is 1. The Hall–Kier alpha value is -2.18. The number of hydrogen-bond acceptors (Lipinski definition) is 4. The van der Waals surface area contributed by atoms with Gasteiger partial charge in [0.05, 0.1) is 5.97 Å². The molecule has 0 saturated heterocycles. The van der Waals surface area contributed by atoms with E-state index in [0.29, 0.717) is 0 Å². The molecule has 0 atom stereocenters. The lowest BCUT2D eigenvalue weighted by Crippen LogP contribution is -2.22. The predicted octanol–water partition coefficient (Wildman–Crippen LogP) is 1.51. The highest BCUT2D eigenvalue weighted by molar-refractivity contribution is 5.86. The second-order valence-electron chi connectivity index (χ2n) is 3.10. The van der Waals surface area contributed by atoms with Crippen LogP contribution in [0.4, 0.5) is 13.2 Å². The number of carboxylic acids is 1. The quantitative estimate of drug-likeness (QED) is 0.754. The van der Waals surface area contributed by atoms with Crippen molar-refractivity contribution in [3.05, 3.63) is 36.4 Å². The third kappa shape index (κ3) is 4.00. The molecule has 0 aliphatic carbocycles. The van der Waals surface area contributed by atoms with Gasteiger partial charge in [-0.15, -0.1) is 13.2 Å². The highest BCUT2D eigenvalue weighted by atomic mass is 19.4. The average molecular weight is 261 g/mol. The number of benzene rings is 1. The van der Waals surface area contributed by atoms with Crippen molar-refractivity contribution in [3.63, 3.8) is 0 Å². The maximum Gasteiger partial charge on any atom is 0.573 e. The molecule has 1 rings (SSSR count). The van der Waals surface area contributed by atoms with Gasteiger partial charge in [0.2, 0.25) is 0 Å². The van der Waals surface area contributed by atoms with E-state index in [1.807, 2.05) is 0 Å². The van der Waals surface area contributed by atoms with Crippen LogP contribution in [-0.4, -0.2) is 18.9 Å². The molecule has 1 aromatic carbocycles. The summed E-state index contributed by atoms with van der Waals surface area (Å²) in [5.74, 6) is -2.51. The van der Waals surface area contributed by atoms with Gasteiger partial charge in [-0.2, -0.15) is 0 Å². The van der Waals surface area contributed by atoms with Gasteiger partial charge in [-0.05, 0) is 18.2 Å². The number of carbonyl (C=O) groups excluding carboxylic acids is 1. The molecule has 0 unspecified atom stereocenters. The Morgan fingerprint density at radius 3 is 2.56 bits per heavy atom. The minimum absolute atomic E-state index is 0.0925. The van der Waals surface area contributed by atoms with Crippen LogP contribution < -0.4 is 14.6 Å². The summed E-state index contributed by atoms with van der Waals surface area (Å²) in [4.78, 5) is 10.6. The molecule has 98 valence electrons. The molecule has 0 heterocycles. The second-order valence-corrected chi connectivity index (χ2v) is 3.10. The summed E-state index contributed by atoms with van der Waals surface area (Å²) in [5.41, 5.74) is -0.316. The van der Waals surface area contributed by atoms with Crippen molar-refractivity contribution in [2.45, 2.75) is 6.36 Å². The Balaban J connectivity index is 3.07. The van der Waals surface area contributed by atoms with Gasteiger partial charge in [0.15, 0.2) is 11.5 Å². The molecule has 18 heavy (non-hydrogen) atoms. The number of halogens is 3. The maximum atomic E-state index is 12.1. The van der Waals surface area contributed by atoms with Gasteiger partial charge in [-0.3, -0.25) is 0 Å². The molecule has 0 amide bonds. The molecule has 0 aromatic heterocycles. The summed E-state index contributed by atoms with van der Waals surface area (Å²) < 4.78 is 44.8. The molecule has 0 spiro atoms. The summed E-state index contributed by atoms with van der Waals surface area (Å²) in [6.07, 6.45) is -3.60. The summed E-state index contributed by atoms with van der Waals surface area (Å²) in [7, 11) is 0. The standard InChI is InChI=1S/C11H9F3O4/c1-2-5-17-9-6-7(10(15)16)3-4-8(9)18-11(12,13)14/h2-4,6H,1,5H2,(H,15,16)/p-1. The molecule has 0 aliphatic heterocycles. The van der Waals surface area contributed by atoms with Gasteiger partial charge in [-0.25, -0.2) is 0 Å². The first-order valence-corrected chi connectivity index (χ1v) is 4.68. The van der Waals surface area contributed by atoms with Crippen molar-refractivity contribution in [1.29, 1.82) is 0 Å². The summed E-state index contributed by atoms with van der Waals surface area (Å²) >= 11 is 0. The number of rotatable bonds is 5. The maximum absolute atomic E-state index is 12.1. The van der Waals surface area contributed by atoms with Crippen molar-refractivity contribution in [1.82, 2.24) is 0 Å². The molecular formula is C11H8F3O4-. The van der Waals surface area contributed by atoms with Crippen molar-refractivity contribution in [2.75, 3.05) is 6.61 Å². The van der Waals surface area contributed by atoms with Gasteiger partial charge >= 0.3 is 6.36 Å². The Labute approximate surface area is 100 Å². The van der Waals surface area contributed by atoms with Crippen LogP contribution in [-0.2, 0) is 0 Å². The van der Waals surface area contributed by atoms with Crippen LogP contribution in [0.2, 0.25) is 0 Å². The molecule has 0 saturated carbocycles. The zero-order valence-corrected chi connectivity index (χ0v) is 8.99. The van der Waals surface area contributed by atoms with E-state index in [0.717, 1.165) is 18.2 Å². The van der Waals surface area contributed by atoms with Crippen LogP contribution in [0, 0.1) is 0 Å². The molecule has 4 nitrogen and oxygen atoms in total. The zero-order valence-electron chi connectivity index (χ0n) is 8.99. The third-order valence-electron chi connectivity index (χ3n) is 1.76. The third-order valence-corrected chi connectivity index (χ3v) is 1.76. The van der Waals surface area contributed by atoms with Crippen molar-refractivity contribution < 1.29 is 32.5 Å². The van der Waals surface area contributed by atoms with Gasteiger partial charge < -0.3 is 19.4 Å². The van der Waals surface area contributed by atoms with Crippen LogP contribution in [0.3, 0.4) is 0 Å². The fourth-order valence-corrected chi connectivity index (χ4v) is 1.11. The van der Waals surface area contributed by atoms with Gasteiger partial charge in [-0.1, -0.05) is 12.7 Å². The highest BCUT2D eigenvalue weighted by Gasteiger charge is 2.32. The van der Waals surface area contributed by atoms with Gasteiger partial charge in [0.1, 0.15) is 6.61 Å². The topological polar surface area (TPSA) is 58.6 Å². The van der Waals surface area contributed by atoms with E-state index >= 15 is 0 Å². The van der Waals surface area contributed by atoms with E-state index in [4.69, 9.17) is 4.74 Å². The lowest BCUT2D eigenvalue weighted by atomic mass is 10.2. The molecule has 7 heteroatoms. The number of hydrogen-bond donors (Lipinski definition) is 0. The average Bonchev–Trinajstić information content (AvgIpc) is 2.25. The largest absolute Gasteiger partial charge is 0.573 e. The van der Waals surface area contributed by atoms with Crippen molar-refractivity contribution in [3.8, 4) is 11.5 Å². The van der Waals surface area contributed by atoms with Crippen LogP contribution in [0.1, 0.15) is 10.4 Å². The molecule has 0 N–H and O–H groups in total. The summed E-state index contributed by atoms with van der Waals surface area (Å²) in [5, 5.41) is 10.6. The van der Waals surface area contributed by atoms with Crippen LogP contribution >= 0.6 is 0 Å². The summed E-state index contributed by atoms with van der Waals surface area (Å²) in [6.45, 7) is 3.23. The minimum Gasteiger partial charge on any atom is -0.545 e. The van der Waals surface area contributed by atoms with Crippen LogP contribution in [0.15, 0.2) is 30.9 Å². The summed E-state index contributed by atoms with van der Waals surface area (Å²) in [6, 6.07) is 2.66. The lowest BCUT2D eigenvalue weighted by molar-refractivity contribution is -0.275. The number of alkyl halides is 3. The highest BCUT2D eigenvalue weighted by Crippen LogP contribution is 2.33. The monoisotopic (exact) mass is 261 g/mol. The van der Waals surface area contributed by atoms with E-state index in [2.05, 4.69) is 11.3 Å². The van der Waals surface area contributed by atoms with Crippen molar-refractivity contribution in [2.24, 2.45) is 0 Å². The first-order valence-electron chi connectivity index (χ1n) is 4.68. The van der Waals surface area contributed by atoms with Gasteiger partial charge in [0.25, 0.3) is 0 Å². The fourth-order valence-electron chi connectivity index (χ4n) is 1.11. The molecule has 0 fully saturated rings. The van der Waals surface area contributed by atoms with Crippen LogP contribution in [0.25, 0.3) is 0 Å². The van der Waals surface area contributed by atoms with Crippen molar-refractivity contribution >= 4 is 5.97 Å². The van der Waals surface area contributed by atoms with E-state index in [1.54, 1.807) is 0 Å². The SMILES string of the molecule is C=CCOc1cc(C(=O)[O-])ccc1OC(F)(F)F. The number of ether oxygens (including phenoxy) is 2. The first-order chi connectivity index (χ1) is 8.33. The van der Waals surface area contributed by atoms with Crippen LogP contribution in [0.5, 0.6) is 11.5 Å². The lowest BCUT2D eigenvalue weighted by Gasteiger charge is -2.14. The molecule has 0 aliphatic rings. The Morgan fingerprint density at radius 1 is 1.39 bits per heavy atom. The Morgan fingerprint density at radius 2 is 2.06 bits per heavy atom. The Kier molecular flexibility index (Phi) is 4.19. The van der Waals surface area contributed by atoms with Gasteiger partial charge in [0, 0.05) is 5.56 Å². The number of carbonyl (C=O) groups is 1. The van der Waals surface area contributed by atoms with E-state index < -0.39 is 18.1 Å². The molecule has 1 aromatic rings. The van der Waals surface area contributed by atoms with E-state index in [9.17, 15) is 23.1 Å². The first kappa shape index (κ1) is 13.9. The smallest absolute Gasteiger partial charge is 0.545 e. The van der Waals surface area contributed by atoms with E-state index in [-0.39, 0.29) is 17.9 Å². The predicted molar refractivity (Wildman–Crippen MR) is 53.1 cm³/mol. The molecule has 0 radical (unpaired) electrons. The fraction of sp³-hybridized carbons (Fsp3) is 0.182. The second kappa shape index (κ2) is 5.44. The normalized spacial score (nSPS) is 10.8. The molecular weight excluding hydrogens is 253 g/mol.